The summed E-state index contributed by atoms with van der Waals surface area (Å²) >= 11 is 1.51. The second kappa shape index (κ2) is 7.90. The summed E-state index contributed by atoms with van der Waals surface area (Å²) < 4.78 is 0. The maximum absolute atomic E-state index is 12.6. The van der Waals surface area contributed by atoms with Crippen molar-refractivity contribution in [2.75, 3.05) is 13.1 Å². The van der Waals surface area contributed by atoms with Crippen LogP contribution in [0.5, 0.6) is 0 Å². The third kappa shape index (κ3) is 4.37. The molecule has 0 aliphatic rings. The van der Waals surface area contributed by atoms with Crippen molar-refractivity contribution in [3.8, 4) is 0 Å². The standard InChI is InChI=1S/C16H21N3OS/c1-2-10-19(11-13-6-4-3-5-7-13)16(20)14-12-21-15(18-14)8-9-17/h3-7,12H,2,8-11,17H2,1H3. The first-order chi connectivity index (χ1) is 10.2. The summed E-state index contributed by atoms with van der Waals surface area (Å²) in [6.45, 7) is 3.99. The van der Waals surface area contributed by atoms with Crippen molar-refractivity contribution in [1.82, 2.24) is 9.88 Å². The van der Waals surface area contributed by atoms with Gasteiger partial charge in [0.1, 0.15) is 5.69 Å². The number of benzene rings is 1. The highest BCUT2D eigenvalue weighted by Gasteiger charge is 2.18. The number of carbonyl (C=O) groups excluding carboxylic acids is 1. The van der Waals surface area contributed by atoms with E-state index < -0.39 is 0 Å². The number of amides is 1. The highest BCUT2D eigenvalue weighted by molar-refractivity contribution is 7.09. The Labute approximate surface area is 129 Å². The molecule has 0 saturated heterocycles. The second-order valence-corrected chi connectivity index (χ2v) is 5.82. The Hall–Kier alpha value is -1.72. The number of nitrogens with zero attached hydrogens (tertiary/aromatic N) is 2. The quantitative estimate of drug-likeness (QED) is 0.855. The summed E-state index contributed by atoms with van der Waals surface area (Å²) in [6.07, 6.45) is 1.66. The number of carbonyl (C=O) groups is 1. The van der Waals surface area contributed by atoms with Gasteiger partial charge >= 0.3 is 0 Å². The summed E-state index contributed by atoms with van der Waals surface area (Å²) in [7, 11) is 0. The number of thiazole rings is 1. The van der Waals surface area contributed by atoms with Gasteiger partial charge in [-0.25, -0.2) is 4.98 Å². The van der Waals surface area contributed by atoms with E-state index in [1.165, 1.54) is 11.3 Å². The van der Waals surface area contributed by atoms with Crippen LogP contribution >= 0.6 is 11.3 Å². The minimum absolute atomic E-state index is 0.000208. The maximum Gasteiger partial charge on any atom is 0.273 e. The van der Waals surface area contributed by atoms with Gasteiger partial charge in [-0.15, -0.1) is 11.3 Å². The molecule has 1 amide bonds. The van der Waals surface area contributed by atoms with Crippen molar-refractivity contribution in [1.29, 1.82) is 0 Å². The Bertz CT molecular complexity index is 568. The Morgan fingerprint density at radius 3 is 2.76 bits per heavy atom. The molecule has 0 unspecified atom stereocenters. The molecule has 0 saturated carbocycles. The first-order valence-corrected chi connectivity index (χ1v) is 8.10. The van der Waals surface area contributed by atoms with E-state index in [-0.39, 0.29) is 5.91 Å². The minimum atomic E-state index is 0.000208. The van der Waals surface area contributed by atoms with E-state index in [1.807, 2.05) is 40.6 Å². The molecule has 5 heteroatoms. The molecule has 0 aliphatic heterocycles. The topological polar surface area (TPSA) is 59.2 Å². The van der Waals surface area contributed by atoms with Crippen LogP contribution in [-0.4, -0.2) is 28.9 Å². The van der Waals surface area contributed by atoms with Crippen LogP contribution in [0.3, 0.4) is 0 Å². The van der Waals surface area contributed by atoms with E-state index in [9.17, 15) is 4.79 Å². The predicted molar refractivity (Wildman–Crippen MR) is 86.3 cm³/mol. The highest BCUT2D eigenvalue weighted by Crippen LogP contribution is 2.14. The van der Waals surface area contributed by atoms with Crippen molar-refractivity contribution in [2.45, 2.75) is 26.3 Å². The van der Waals surface area contributed by atoms with Gasteiger partial charge in [-0.05, 0) is 18.5 Å². The first kappa shape index (κ1) is 15.7. The Morgan fingerprint density at radius 1 is 1.33 bits per heavy atom. The van der Waals surface area contributed by atoms with Gasteiger partial charge < -0.3 is 10.6 Å². The van der Waals surface area contributed by atoms with Gasteiger partial charge in [-0.3, -0.25) is 4.79 Å². The molecule has 112 valence electrons. The van der Waals surface area contributed by atoms with Crippen molar-refractivity contribution < 1.29 is 4.79 Å². The summed E-state index contributed by atoms with van der Waals surface area (Å²) in [5, 5.41) is 2.76. The zero-order chi connectivity index (χ0) is 15.1. The molecule has 2 rings (SSSR count). The SMILES string of the molecule is CCCN(Cc1ccccc1)C(=O)c1csc(CCN)n1. The van der Waals surface area contributed by atoms with E-state index in [0.717, 1.165) is 30.0 Å². The van der Waals surface area contributed by atoms with Crippen LogP contribution in [0.4, 0.5) is 0 Å². The third-order valence-corrected chi connectivity index (χ3v) is 4.03. The molecule has 0 spiro atoms. The van der Waals surface area contributed by atoms with Gasteiger partial charge in [0.25, 0.3) is 5.91 Å². The molecule has 2 aromatic rings. The van der Waals surface area contributed by atoms with Gasteiger partial charge in [0, 0.05) is 24.9 Å². The highest BCUT2D eigenvalue weighted by atomic mass is 32.1. The van der Waals surface area contributed by atoms with E-state index in [0.29, 0.717) is 18.8 Å². The lowest BCUT2D eigenvalue weighted by atomic mass is 10.2. The molecular formula is C16H21N3OS. The van der Waals surface area contributed by atoms with Gasteiger partial charge in [-0.2, -0.15) is 0 Å². The molecule has 0 radical (unpaired) electrons. The molecule has 1 aromatic heterocycles. The van der Waals surface area contributed by atoms with Crippen LogP contribution in [-0.2, 0) is 13.0 Å². The number of hydrogen-bond acceptors (Lipinski definition) is 4. The Kier molecular flexibility index (Phi) is 5.90. The largest absolute Gasteiger partial charge is 0.333 e. The van der Waals surface area contributed by atoms with Crippen molar-refractivity contribution in [3.63, 3.8) is 0 Å². The van der Waals surface area contributed by atoms with Crippen LogP contribution in [0.15, 0.2) is 35.7 Å². The van der Waals surface area contributed by atoms with Gasteiger partial charge in [-0.1, -0.05) is 37.3 Å². The minimum Gasteiger partial charge on any atom is -0.333 e. The maximum atomic E-state index is 12.6. The number of hydrogen-bond donors (Lipinski definition) is 1. The summed E-state index contributed by atoms with van der Waals surface area (Å²) in [6, 6.07) is 10.0. The molecule has 1 aromatic carbocycles. The van der Waals surface area contributed by atoms with Crippen LogP contribution in [0.2, 0.25) is 0 Å². The molecule has 21 heavy (non-hydrogen) atoms. The summed E-state index contributed by atoms with van der Waals surface area (Å²) in [4.78, 5) is 18.8. The van der Waals surface area contributed by atoms with Crippen LogP contribution in [0, 0.1) is 0 Å². The molecule has 2 N–H and O–H groups in total. The lowest BCUT2D eigenvalue weighted by Gasteiger charge is -2.21. The summed E-state index contributed by atoms with van der Waals surface area (Å²) in [5.41, 5.74) is 7.20. The van der Waals surface area contributed by atoms with E-state index >= 15 is 0 Å². The number of aromatic nitrogens is 1. The average molecular weight is 303 g/mol. The van der Waals surface area contributed by atoms with Crippen LogP contribution in [0.1, 0.15) is 34.4 Å². The van der Waals surface area contributed by atoms with E-state index in [4.69, 9.17) is 5.73 Å². The van der Waals surface area contributed by atoms with Crippen molar-refractivity contribution in [2.24, 2.45) is 5.73 Å². The first-order valence-electron chi connectivity index (χ1n) is 7.22. The average Bonchev–Trinajstić information content (AvgIpc) is 2.96. The molecule has 0 atom stereocenters. The van der Waals surface area contributed by atoms with E-state index in [2.05, 4.69) is 11.9 Å². The van der Waals surface area contributed by atoms with Crippen molar-refractivity contribution in [3.05, 3.63) is 52.0 Å². The Morgan fingerprint density at radius 2 is 2.10 bits per heavy atom. The van der Waals surface area contributed by atoms with Gasteiger partial charge in [0.2, 0.25) is 0 Å². The van der Waals surface area contributed by atoms with Gasteiger partial charge in [0.15, 0.2) is 0 Å². The predicted octanol–water partition coefficient (Wildman–Crippen LogP) is 2.70. The van der Waals surface area contributed by atoms with Crippen LogP contribution in [0.25, 0.3) is 0 Å². The lowest BCUT2D eigenvalue weighted by Crippen LogP contribution is -2.31. The Balaban J connectivity index is 2.10. The van der Waals surface area contributed by atoms with Gasteiger partial charge in [0.05, 0.1) is 5.01 Å². The molecule has 0 aliphatic carbocycles. The zero-order valence-electron chi connectivity index (χ0n) is 12.3. The molecule has 4 nitrogen and oxygen atoms in total. The molecular weight excluding hydrogens is 282 g/mol. The zero-order valence-corrected chi connectivity index (χ0v) is 13.1. The fourth-order valence-electron chi connectivity index (χ4n) is 2.14. The lowest BCUT2D eigenvalue weighted by molar-refractivity contribution is 0.0738. The number of rotatable bonds is 7. The van der Waals surface area contributed by atoms with Crippen LogP contribution < -0.4 is 5.73 Å². The smallest absolute Gasteiger partial charge is 0.273 e. The van der Waals surface area contributed by atoms with Crippen molar-refractivity contribution >= 4 is 17.2 Å². The van der Waals surface area contributed by atoms with E-state index in [1.54, 1.807) is 0 Å². The monoisotopic (exact) mass is 303 g/mol. The fourth-order valence-corrected chi connectivity index (χ4v) is 2.92. The summed E-state index contributed by atoms with van der Waals surface area (Å²) in [5.74, 6) is 0.000208. The third-order valence-electron chi connectivity index (χ3n) is 3.13. The molecule has 1 heterocycles. The fraction of sp³-hybridized carbons (Fsp3) is 0.375. The normalized spacial score (nSPS) is 10.6. The molecule has 0 fully saturated rings. The second-order valence-electron chi connectivity index (χ2n) is 4.88. The molecule has 0 bridgehead atoms. The number of nitrogens with two attached hydrogens (primary N) is 1.